The maximum Gasteiger partial charge on any atom is 0.175 e. The molecule has 1 aromatic heterocycles. The van der Waals surface area contributed by atoms with Crippen molar-refractivity contribution in [1.82, 2.24) is 5.32 Å². The van der Waals surface area contributed by atoms with Gasteiger partial charge in [-0.15, -0.1) is 11.3 Å². The summed E-state index contributed by atoms with van der Waals surface area (Å²) in [5.41, 5.74) is 0. The lowest BCUT2D eigenvalue weighted by Crippen LogP contribution is -2.02. The van der Waals surface area contributed by atoms with Crippen molar-refractivity contribution in [2.24, 2.45) is 0 Å². The van der Waals surface area contributed by atoms with Crippen molar-refractivity contribution < 1.29 is 13.2 Å². The van der Waals surface area contributed by atoms with E-state index in [0.29, 0.717) is 17.3 Å². The molecule has 1 aromatic carbocycles. The fraction of sp³-hybridized carbons (Fsp3) is 0.286. The zero-order chi connectivity index (χ0) is 14.6. The second-order valence-electron chi connectivity index (χ2n) is 4.43. The molecule has 20 heavy (non-hydrogen) atoms. The highest BCUT2D eigenvalue weighted by molar-refractivity contribution is 7.90. The van der Waals surface area contributed by atoms with Crippen molar-refractivity contribution in [1.29, 1.82) is 0 Å². The summed E-state index contributed by atoms with van der Waals surface area (Å²) in [6, 6.07) is 10.6. The molecular formula is C14H17NO3S2. The first-order valence-corrected chi connectivity index (χ1v) is 8.85. The molecule has 0 radical (unpaired) electrons. The summed E-state index contributed by atoms with van der Waals surface area (Å²) in [7, 11) is -1.23. The molecule has 2 aromatic rings. The van der Waals surface area contributed by atoms with Crippen molar-refractivity contribution in [3.63, 3.8) is 0 Å². The van der Waals surface area contributed by atoms with Gasteiger partial charge in [-0.2, -0.15) is 0 Å². The van der Waals surface area contributed by atoms with E-state index in [1.165, 1.54) is 11.1 Å². The van der Waals surface area contributed by atoms with Crippen LogP contribution in [0.4, 0.5) is 0 Å². The van der Waals surface area contributed by atoms with Gasteiger partial charge in [-0.1, -0.05) is 0 Å². The molecule has 0 atom stereocenters. The van der Waals surface area contributed by atoms with Gasteiger partial charge in [0.2, 0.25) is 0 Å². The van der Waals surface area contributed by atoms with Crippen molar-refractivity contribution in [3.05, 3.63) is 46.2 Å². The normalized spacial score (nSPS) is 11.5. The summed E-state index contributed by atoms with van der Waals surface area (Å²) in [5.74, 6) is 0.668. The summed E-state index contributed by atoms with van der Waals surface area (Å²) in [6.07, 6.45) is 1.19. The van der Waals surface area contributed by atoms with Crippen LogP contribution in [0.15, 0.2) is 41.3 Å². The Balaban J connectivity index is 1.96. The predicted molar refractivity (Wildman–Crippen MR) is 81.0 cm³/mol. The Bertz CT molecular complexity index is 660. The van der Waals surface area contributed by atoms with E-state index in [4.69, 9.17) is 4.74 Å². The molecule has 1 N–H and O–H groups in total. The first-order valence-electron chi connectivity index (χ1n) is 6.14. The summed E-state index contributed by atoms with van der Waals surface area (Å²) >= 11 is 1.70. The standard InChI is InChI=1S/C14H17NO3S2/c1-15-9-12-5-6-13(19-12)10-18-11-3-7-14(8-4-11)20(2,16)17/h3-8,15H,9-10H2,1-2H3. The lowest BCUT2D eigenvalue weighted by atomic mass is 10.3. The average molecular weight is 311 g/mol. The smallest absolute Gasteiger partial charge is 0.175 e. The molecule has 0 spiro atoms. The molecule has 0 aliphatic heterocycles. The van der Waals surface area contributed by atoms with Crippen molar-refractivity contribution in [3.8, 4) is 5.75 Å². The van der Waals surface area contributed by atoms with Gasteiger partial charge in [0.25, 0.3) is 0 Å². The Kier molecular flexibility index (Phi) is 4.80. The average Bonchev–Trinajstić information content (AvgIpc) is 2.84. The molecule has 2 rings (SSSR count). The van der Waals surface area contributed by atoms with Gasteiger partial charge in [-0.25, -0.2) is 8.42 Å². The largest absolute Gasteiger partial charge is 0.488 e. The Morgan fingerprint density at radius 1 is 1.10 bits per heavy atom. The molecule has 0 unspecified atom stereocenters. The monoisotopic (exact) mass is 311 g/mol. The number of ether oxygens (including phenoxy) is 1. The van der Waals surface area contributed by atoms with Gasteiger partial charge in [0.1, 0.15) is 12.4 Å². The Morgan fingerprint density at radius 3 is 2.35 bits per heavy atom. The quantitative estimate of drug-likeness (QED) is 0.890. The highest BCUT2D eigenvalue weighted by Gasteiger charge is 2.06. The van der Waals surface area contributed by atoms with Gasteiger partial charge in [0.05, 0.1) is 4.90 Å². The lowest BCUT2D eigenvalue weighted by Gasteiger charge is -2.05. The highest BCUT2D eigenvalue weighted by Crippen LogP contribution is 2.20. The van der Waals surface area contributed by atoms with Crippen LogP contribution in [0.3, 0.4) is 0 Å². The molecule has 4 nitrogen and oxygen atoms in total. The number of rotatable bonds is 6. The second-order valence-corrected chi connectivity index (χ2v) is 7.70. The van der Waals surface area contributed by atoms with Crippen LogP contribution in [-0.2, 0) is 23.0 Å². The van der Waals surface area contributed by atoms with Crippen molar-refractivity contribution in [2.75, 3.05) is 13.3 Å². The predicted octanol–water partition coefficient (Wildman–Crippen LogP) is 2.45. The minimum absolute atomic E-state index is 0.303. The molecule has 0 aliphatic rings. The van der Waals surface area contributed by atoms with E-state index in [2.05, 4.69) is 11.4 Å². The topological polar surface area (TPSA) is 55.4 Å². The lowest BCUT2D eigenvalue weighted by molar-refractivity contribution is 0.309. The number of hydrogen-bond donors (Lipinski definition) is 1. The van der Waals surface area contributed by atoms with E-state index >= 15 is 0 Å². The van der Waals surface area contributed by atoms with Gasteiger partial charge < -0.3 is 10.1 Å². The Morgan fingerprint density at radius 2 is 1.75 bits per heavy atom. The van der Waals surface area contributed by atoms with E-state index < -0.39 is 9.84 Å². The molecule has 0 saturated heterocycles. The molecule has 0 aliphatic carbocycles. The van der Waals surface area contributed by atoms with E-state index in [-0.39, 0.29) is 0 Å². The molecule has 0 fully saturated rings. The maximum atomic E-state index is 11.3. The zero-order valence-electron chi connectivity index (χ0n) is 11.4. The first-order chi connectivity index (χ1) is 9.49. The van der Waals surface area contributed by atoms with E-state index in [1.54, 1.807) is 35.6 Å². The number of hydrogen-bond acceptors (Lipinski definition) is 5. The van der Waals surface area contributed by atoms with E-state index in [1.807, 2.05) is 13.1 Å². The van der Waals surface area contributed by atoms with E-state index in [9.17, 15) is 8.42 Å². The number of nitrogens with one attached hydrogen (secondary N) is 1. The molecule has 0 bridgehead atoms. The Hall–Kier alpha value is -1.37. The SMILES string of the molecule is CNCc1ccc(COc2ccc(S(C)(=O)=O)cc2)s1. The molecule has 108 valence electrons. The van der Waals surface area contributed by atoms with Crippen LogP contribution in [0.25, 0.3) is 0 Å². The maximum absolute atomic E-state index is 11.3. The molecule has 1 heterocycles. The van der Waals surface area contributed by atoms with Crippen molar-refractivity contribution >= 4 is 21.2 Å². The second kappa shape index (κ2) is 6.39. The van der Waals surface area contributed by atoms with Gasteiger partial charge in [0, 0.05) is 22.6 Å². The highest BCUT2D eigenvalue weighted by atomic mass is 32.2. The molecule has 0 saturated carbocycles. The van der Waals surface area contributed by atoms with Crippen LogP contribution < -0.4 is 10.1 Å². The number of benzene rings is 1. The number of thiophene rings is 1. The van der Waals surface area contributed by atoms with Crippen LogP contribution in [0.5, 0.6) is 5.75 Å². The molecule has 6 heteroatoms. The third-order valence-corrected chi connectivity index (χ3v) is 4.89. The third kappa shape index (κ3) is 4.06. The minimum atomic E-state index is -3.15. The van der Waals surface area contributed by atoms with Crippen molar-refractivity contribution in [2.45, 2.75) is 18.0 Å². The molecular weight excluding hydrogens is 294 g/mol. The van der Waals surface area contributed by atoms with E-state index in [0.717, 1.165) is 11.4 Å². The third-order valence-electron chi connectivity index (χ3n) is 2.70. The van der Waals surface area contributed by atoms with Crippen LogP contribution >= 0.6 is 11.3 Å². The van der Waals surface area contributed by atoms with Gasteiger partial charge in [-0.05, 0) is 43.4 Å². The van der Waals surface area contributed by atoms with Gasteiger partial charge in [0.15, 0.2) is 9.84 Å². The van der Waals surface area contributed by atoms with Gasteiger partial charge in [-0.3, -0.25) is 0 Å². The summed E-state index contributed by atoms with van der Waals surface area (Å²) < 4.78 is 28.3. The zero-order valence-corrected chi connectivity index (χ0v) is 13.1. The van der Waals surface area contributed by atoms with Crippen LogP contribution in [0.1, 0.15) is 9.75 Å². The molecule has 0 amide bonds. The summed E-state index contributed by atoms with van der Waals surface area (Å²) in [4.78, 5) is 2.71. The van der Waals surface area contributed by atoms with Gasteiger partial charge >= 0.3 is 0 Å². The fourth-order valence-electron chi connectivity index (χ4n) is 1.71. The first kappa shape index (κ1) is 15.0. The van der Waals surface area contributed by atoms with Crippen LogP contribution in [0.2, 0.25) is 0 Å². The summed E-state index contributed by atoms with van der Waals surface area (Å²) in [5, 5.41) is 3.10. The minimum Gasteiger partial charge on any atom is -0.488 e. The summed E-state index contributed by atoms with van der Waals surface area (Å²) in [6.45, 7) is 1.35. The Labute approximate surface area is 123 Å². The fourth-order valence-corrected chi connectivity index (χ4v) is 3.28. The van der Waals surface area contributed by atoms with Crippen LogP contribution in [-0.4, -0.2) is 21.7 Å². The van der Waals surface area contributed by atoms with Crippen LogP contribution in [0, 0.1) is 0 Å². The number of sulfone groups is 1.